The summed E-state index contributed by atoms with van der Waals surface area (Å²) in [5, 5.41) is 0. The van der Waals surface area contributed by atoms with Crippen molar-refractivity contribution in [3.8, 4) is 0 Å². The first-order valence-corrected chi connectivity index (χ1v) is 4.78. The van der Waals surface area contributed by atoms with Gasteiger partial charge in [0.2, 0.25) is 0 Å². The van der Waals surface area contributed by atoms with Gasteiger partial charge in [-0.3, -0.25) is 0 Å². The van der Waals surface area contributed by atoms with E-state index in [1.165, 1.54) is 32.1 Å². The van der Waals surface area contributed by atoms with Gasteiger partial charge in [-0.2, -0.15) is 0 Å². The van der Waals surface area contributed by atoms with Crippen LogP contribution >= 0.6 is 0 Å². The fourth-order valence-electron chi connectivity index (χ4n) is 1.91. The Labute approximate surface area is 70.0 Å². The van der Waals surface area contributed by atoms with Gasteiger partial charge in [0, 0.05) is 0 Å². The summed E-state index contributed by atoms with van der Waals surface area (Å²) in [5.41, 5.74) is 4.95. The third-order valence-electron chi connectivity index (χ3n) is 2.56. The van der Waals surface area contributed by atoms with Gasteiger partial charge < -0.3 is 0 Å². The SMILES string of the molecule is CC=C=C1CCCCC1CC. The van der Waals surface area contributed by atoms with Crippen molar-refractivity contribution >= 4 is 0 Å². The number of allylic oxidation sites excluding steroid dienone is 1. The maximum Gasteiger partial charge on any atom is -0.0130 e. The molecule has 0 bridgehead atoms. The predicted molar refractivity (Wildman–Crippen MR) is 49.5 cm³/mol. The number of hydrogen-bond donors (Lipinski definition) is 0. The van der Waals surface area contributed by atoms with Crippen LogP contribution in [0.15, 0.2) is 17.4 Å². The third kappa shape index (κ3) is 2.24. The zero-order valence-corrected chi connectivity index (χ0v) is 7.69. The normalized spacial score (nSPS) is 24.5. The van der Waals surface area contributed by atoms with Crippen molar-refractivity contribution in [2.75, 3.05) is 0 Å². The minimum Gasteiger partial charge on any atom is -0.126 e. The molecule has 1 fully saturated rings. The van der Waals surface area contributed by atoms with Gasteiger partial charge >= 0.3 is 0 Å². The maximum absolute atomic E-state index is 3.38. The molecule has 0 heteroatoms. The Balaban J connectivity index is 2.66. The highest BCUT2D eigenvalue weighted by molar-refractivity contribution is 5.08. The lowest BCUT2D eigenvalue weighted by Crippen LogP contribution is -2.07. The summed E-state index contributed by atoms with van der Waals surface area (Å²) in [6.45, 7) is 4.35. The highest BCUT2D eigenvalue weighted by atomic mass is 14.2. The molecule has 62 valence electrons. The second-order valence-corrected chi connectivity index (χ2v) is 3.31. The molecule has 0 amide bonds. The Morgan fingerprint density at radius 3 is 3.00 bits per heavy atom. The summed E-state index contributed by atoms with van der Waals surface area (Å²) < 4.78 is 0. The smallest absolute Gasteiger partial charge is 0.0130 e. The molecule has 0 aromatic rings. The van der Waals surface area contributed by atoms with E-state index in [1.807, 2.05) is 0 Å². The number of rotatable bonds is 1. The van der Waals surface area contributed by atoms with Crippen molar-refractivity contribution in [2.45, 2.75) is 46.0 Å². The van der Waals surface area contributed by atoms with Crippen LogP contribution in [-0.4, -0.2) is 0 Å². The van der Waals surface area contributed by atoms with Crippen LogP contribution in [0.1, 0.15) is 46.0 Å². The third-order valence-corrected chi connectivity index (χ3v) is 2.56. The fourth-order valence-corrected chi connectivity index (χ4v) is 1.91. The van der Waals surface area contributed by atoms with E-state index in [1.54, 1.807) is 5.57 Å². The van der Waals surface area contributed by atoms with Crippen LogP contribution in [0.5, 0.6) is 0 Å². The molecule has 0 aliphatic heterocycles. The minimum absolute atomic E-state index is 0.847. The van der Waals surface area contributed by atoms with Crippen LogP contribution in [-0.2, 0) is 0 Å². The first-order valence-electron chi connectivity index (χ1n) is 4.78. The molecule has 1 unspecified atom stereocenters. The molecular weight excluding hydrogens is 132 g/mol. The largest absolute Gasteiger partial charge is 0.126 e. The molecule has 0 saturated heterocycles. The molecule has 11 heavy (non-hydrogen) atoms. The summed E-state index contributed by atoms with van der Waals surface area (Å²) in [4.78, 5) is 0. The molecule has 1 aliphatic rings. The molecule has 1 aliphatic carbocycles. The quantitative estimate of drug-likeness (QED) is 0.500. The zero-order valence-electron chi connectivity index (χ0n) is 7.69. The van der Waals surface area contributed by atoms with Gasteiger partial charge in [0.15, 0.2) is 0 Å². The van der Waals surface area contributed by atoms with Crippen LogP contribution in [0.25, 0.3) is 0 Å². The summed E-state index contributed by atoms with van der Waals surface area (Å²) in [7, 11) is 0. The molecule has 0 spiro atoms. The van der Waals surface area contributed by atoms with Gasteiger partial charge in [0.25, 0.3) is 0 Å². The fraction of sp³-hybridized carbons (Fsp3) is 0.727. The van der Waals surface area contributed by atoms with E-state index in [-0.39, 0.29) is 0 Å². The summed E-state index contributed by atoms with van der Waals surface area (Å²) in [6, 6.07) is 0. The predicted octanol–water partition coefficient (Wildman–Crippen LogP) is 3.69. The Bertz CT molecular complexity index is 170. The van der Waals surface area contributed by atoms with Crippen molar-refractivity contribution in [3.63, 3.8) is 0 Å². The Hall–Kier alpha value is -0.480. The van der Waals surface area contributed by atoms with Crippen molar-refractivity contribution in [2.24, 2.45) is 5.92 Å². The van der Waals surface area contributed by atoms with Crippen molar-refractivity contribution in [1.29, 1.82) is 0 Å². The molecule has 1 rings (SSSR count). The van der Waals surface area contributed by atoms with Gasteiger partial charge in [-0.05, 0) is 50.2 Å². The van der Waals surface area contributed by atoms with Crippen LogP contribution < -0.4 is 0 Å². The van der Waals surface area contributed by atoms with E-state index in [9.17, 15) is 0 Å². The maximum atomic E-state index is 3.38. The van der Waals surface area contributed by atoms with Gasteiger partial charge in [0.05, 0.1) is 0 Å². The second kappa shape index (κ2) is 4.41. The molecule has 0 aromatic heterocycles. The van der Waals surface area contributed by atoms with Crippen LogP contribution in [0, 0.1) is 5.92 Å². The van der Waals surface area contributed by atoms with E-state index in [0.29, 0.717) is 0 Å². The Morgan fingerprint density at radius 2 is 2.36 bits per heavy atom. The van der Waals surface area contributed by atoms with Gasteiger partial charge in [-0.15, -0.1) is 5.73 Å². The van der Waals surface area contributed by atoms with E-state index < -0.39 is 0 Å². The molecule has 0 nitrogen and oxygen atoms in total. The first kappa shape index (κ1) is 8.62. The number of hydrogen-bond acceptors (Lipinski definition) is 0. The average molecular weight is 150 g/mol. The van der Waals surface area contributed by atoms with Crippen LogP contribution in [0.3, 0.4) is 0 Å². The average Bonchev–Trinajstić information content (AvgIpc) is 2.06. The van der Waals surface area contributed by atoms with E-state index in [0.717, 1.165) is 5.92 Å². The summed E-state index contributed by atoms with van der Waals surface area (Å²) >= 11 is 0. The van der Waals surface area contributed by atoms with Crippen molar-refractivity contribution in [1.82, 2.24) is 0 Å². The van der Waals surface area contributed by atoms with Crippen molar-refractivity contribution in [3.05, 3.63) is 17.4 Å². The standard InChI is InChI=1S/C11H18/c1-3-7-11-9-6-5-8-10(11)4-2/h3,10H,4-6,8-9H2,1-2H3. The zero-order chi connectivity index (χ0) is 8.10. The summed E-state index contributed by atoms with van der Waals surface area (Å²) in [5.74, 6) is 0.847. The lowest BCUT2D eigenvalue weighted by Gasteiger charge is -2.22. The molecular formula is C11H18. The van der Waals surface area contributed by atoms with Crippen molar-refractivity contribution < 1.29 is 0 Å². The highest BCUT2D eigenvalue weighted by Gasteiger charge is 2.15. The highest BCUT2D eigenvalue weighted by Crippen LogP contribution is 2.30. The Kier molecular flexibility index (Phi) is 3.45. The monoisotopic (exact) mass is 150 g/mol. The Morgan fingerprint density at radius 1 is 1.55 bits per heavy atom. The second-order valence-electron chi connectivity index (χ2n) is 3.31. The molecule has 0 heterocycles. The molecule has 0 N–H and O–H groups in total. The lowest BCUT2D eigenvalue weighted by molar-refractivity contribution is 0.443. The van der Waals surface area contributed by atoms with E-state index in [2.05, 4.69) is 25.7 Å². The van der Waals surface area contributed by atoms with Gasteiger partial charge in [-0.1, -0.05) is 13.3 Å². The lowest BCUT2D eigenvalue weighted by atomic mass is 9.83. The van der Waals surface area contributed by atoms with Crippen LogP contribution in [0.2, 0.25) is 0 Å². The van der Waals surface area contributed by atoms with Gasteiger partial charge in [-0.25, -0.2) is 0 Å². The molecule has 1 atom stereocenters. The van der Waals surface area contributed by atoms with E-state index >= 15 is 0 Å². The molecule has 0 radical (unpaired) electrons. The topological polar surface area (TPSA) is 0 Å². The van der Waals surface area contributed by atoms with E-state index in [4.69, 9.17) is 0 Å². The first-order chi connectivity index (χ1) is 5.38. The van der Waals surface area contributed by atoms with Crippen LogP contribution in [0.4, 0.5) is 0 Å². The minimum atomic E-state index is 0.847. The molecule has 1 saturated carbocycles. The molecule has 0 aromatic carbocycles. The van der Waals surface area contributed by atoms with Gasteiger partial charge in [0.1, 0.15) is 0 Å². The summed E-state index contributed by atoms with van der Waals surface area (Å²) in [6.07, 6.45) is 8.86.